The fourth-order valence-electron chi connectivity index (χ4n) is 4.30. The van der Waals surface area contributed by atoms with Crippen LogP contribution in [0.15, 0.2) is 36.5 Å². The van der Waals surface area contributed by atoms with Gasteiger partial charge in [0.25, 0.3) is 5.91 Å². The third kappa shape index (κ3) is 3.04. The van der Waals surface area contributed by atoms with Crippen LogP contribution >= 0.6 is 0 Å². The Morgan fingerprint density at radius 2 is 2.16 bits per heavy atom. The molecular formula is C21H26N2O2. The van der Waals surface area contributed by atoms with E-state index >= 15 is 0 Å². The summed E-state index contributed by atoms with van der Waals surface area (Å²) < 4.78 is 6.24. The normalized spacial score (nSPS) is 26.7. The minimum Gasteiger partial charge on any atom is -0.373 e. The standard InChI is InChI=1S/C21H26N2O2/c1-15(2)17-12-21(25-13-17)9-5-11-23(14-21)20(24)19-18-7-4-3-6-16(18)8-10-22-19/h3-4,6-8,10,15,17H,5,9,11-14H2,1-2H3. The molecule has 2 aliphatic heterocycles. The zero-order chi connectivity index (χ0) is 17.4. The number of aromatic nitrogens is 1. The molecule has 4 heteroatoms. The Balaban J connectivity index is 1.58. The summed E-state index contributed by atoms with van der Waals surface area (Å²) in [5.41, 5.74) is 0.418. The number of hydrogen-bond donors (Lipinski definition) is 0. The molecule has 1 amide bonds. The predicted molar refractivity (Wildman–Crippen MR) is 98.5 cm³/mol. The van der Waals surface area contributed by atoms with Crippen LogP contribution in [0.4, 0.5) is 0 Å². The number of amides is 1. The lowest BCUT2D eigenvalue weighted by molar-refractivity contribution is -0.0451. The zero-order valence-corrected chi connectivity index (χ0v) is 15.1. The summed E-state index contributed by atoms with van der Waals surface area (Å²) >= 11 is 0. The van der Waals surface area contributed by atoms with Crippen molar-refractivity contribution in [2.75, 3.05) is 19.7 Å². The van der Waals surface area contributed by atoms with Crippen LogP contribution in [0.25, 0.3) is 10.8 Å². The molecule has 3 heterocycles. The Bertz CT molecular complexity index is 783. The van der Waals surface area contributed by atoms with E-state index in [1.807, 2.05) is 35.2 Å². The highest BCUT2D eigenvalue weighted by atomic mass is 16.5. The maximum Gasteiger partial charge on any atom is 0.273 e. The summed E-state index contributed by atoms with van der Waals surface area (Å²) in [5, 5.41) is 1.99. The topological polar surface area (TPSA) is 42.4 Å². The van der Waals surface area contributed by atoms with Crippen LogP contribution < -0.4 is 0 Å². The number of benzene rings is 1. The van der Waals surface area contributed by atoms with Gasteiger partial charge < -0.3 is 9.64 Å². The van der Waals surface area contributed by atoms with Gasteiger partial charge in [-0.1, -0.05) is 38.1 Å². The highest BCUT2D eigenvalue weighted by Crippen LogP contribution is 2.40. The number of carbonyl (C=O) groups is 1. The minimum absolute atomic E-state index is 0.0347. The van der Waals surface area contributed by atoms with Crippen LogP contribution in [-0.4, -0.2) is 41.1 Å². The van der Waals surface area contributed by atoms with Gasteiger partial charge in [-0.25, -0.2) is 0 Å². The summed E-state index contributed by atoms with van der Waals surface area (Å²) in [7, 11) is 0. The molecule has 0 radical (unpaired) electrons. The summed E-state index contributed by atoms with van der Waals surface area (Å²) in [6.07, 6.45) is 4.86. The summed E-state index contributed by atoms with van der Waals surface area (Å²) in [5.74, 6) is 1.27. The van der Waals surface area contributed by atoms with E-state index in [4.69, 9.17) is 4.74 Å². The third-order valence-electron chi connectivity index (χ3n) is 5.88. The van der Waals surface area contributed by atoms with Gasteiger partial charge in [0, 0.05) is 18.1 Å². The number of ether oxygens (including phenoxy) is 1. The average molecular weight is 338 g/mol. The first kappa shape index (κ1) is 16.5. The van der Waals surface area contributed by atoms with E-state index in [1.54, 1.807) is 6.20 Å². The first-order valence-electron chi connectivity index (χ1n) is 9.35. The van der Waals surface area contributed by atoms with Gasteiger partial charge >= 0.3 is 0 Å². The Labute approximate surface area is 149 Å². The van der Waals surface area contributed by atoms with Crippen LogP contribution in [-0.2, 0) is 4.74 Å². The maximum absolute atomic E-state index is 13.2. The van der Waals surface area contributed by atoms with Crippen molar-refractivity contribution in [2.45, 2.75) is 38.7 Å². The van der Waals surface area contributed by atoms with Crippen molar-refractivity contribution in [3.63, 3.8) is 0 Å². The molecule has 4 nitrogen and oxygen atoms in total. The van der Waals surface area contributed by atoms with E-state index in [2.05, 4.69) is 18.8 Å². The van der Waals surface area contributed by atoms with Crippen molar-refractivity contribution in [2.24, 2.45) is 11.8 Å². The van der Waals surface area contributed by atoms with Crippen molar-refractivity contribution >= 4 is 16.7 Å². The van der Waals surface area contributed by atoms with Gasteiger partial charge in [-0.3, -0.25) is 9.78 Å². The van der Waals surface area contributed by atoms with Gasteiger partial charge in [0.2, 0.25) is 0 Å². The van der Waals surface area contributed by atoms with Crippen molar-refractivity contribution < 1.29 is 9.53 Å². The predicted octanol–water partition coefficient (Wildman–Crippen LogP) is 3.90. The van der Waals surface area contributed by atoms with Crippen LogP contribution in [0.3, 0.4) is 0 Å². The summed E-state index contributed by atoms with van der Waals surface area (Å²) in [4.78, 5) is 19.5. The number of hydrogen-bond acceptors (Lipinski definition) is 3. The molecule has 0 N–H and O–H groups in total. The lowest BCUT2D eigenvalue weighted by Crippen LogP contribution is -2.50. The fourth-order valence-corrected chi connectivity index (χ4v) is 4.30. The zero-order valence-electron chi connectivity index (χ0n) is 15.1. The Morgan fingerprint density at radius 1 is 1.32 bits per heavy atom. The SMILES string of the molecule is CC(C)C1COC2(CCCN(C(=O)c3nccc4ccccc34)C2)C1. The van der Waals surface area contributed by atoms with E-state index in [0.717, 1.165) is 43.2 Å². The van der Waals surface area contributed by atoms with Gasteiger partial charge in [-0.15, -0.1) is 0 Å². The van der Waals surface area contributed by atoms with Gasteiger partial charge in [0.15, 0.2) is 0 Å². The number of pyridine rings is 1. The van der Waals surface area contributed by atoms with Gasteiger partial charge in [0.1, 0.15) is 5.69 Å². The van der Waals surface area contributed by atoms with Crippen LogP contribution in [0.2, 0.25) is 0 Å². The average Bonchev–Trinajstić information content (AvgIpc) is 3.04. The lowest BCUT2D eigenvalue weighted by atomic mass is 9.83. The molecule has 1 spiro atoms. The molecule has 1 aromatic carbocycles. The molecule has 25 heavy (non-hydrogen) atoms. The number of likely N-dealkylation sites (tertiary alicyclic amines) is 1. The van der Waals surface area contributed by atoms with Gasteiger partial charge in [-0.05, 0) is 42.6 Å². The van der Waals surface area contributed by atoms with E-state index in [0.29, 0.717) is 24.1 Å². The highest BCUT2D eigenvalue weighted by Gasteiger charge is 2.45. The lowest BCUT2D eigenvalue weighted by Gasteiger charge is -2.40. The Hall–Kier alpha value is -1.94. The van der Waals surface area contributed by atoms with Crippen molar-refractivity contribution in [3.8, 4) is 0 Å². The van der Waals surface area contributed by atoms with E-state index in [-0.39, 0.29) is 11.5 Å². The van der Waals surface area contributed by atoms with Crippen molar-refractivity contribution in [3.05, 3.63) is 42.2 Å². The van der Waals surface area contributed by atoms with Gasteiger partial charge in [0.05, 0.1) is 18.8 Å². The molecular weight excluding hydrogens is 312 g/mol. The van der Waals surface area contributed by atoms with Crippen molar-refractivity contribution in [1.82, 2.24) is 9.88 Å². The number of carbonyl (C=O) groups excluding carboxylic acids is 1. The Kier molecular flexibility index (Phi) is 4.24. The Morgan fingerprint density at radius 3 is 2.96 bits per heavy atom. The molecule has 2 saturated heterocycles. The molecule has 2 aliphatic rings. The molecule has 2 fully saturated rings. The number of nitrogens with zero attached hydrogens (tertiary/aromatic N) is 2. The first-order chi connectivity index (χ1) is 12.1. The molecule has 0 aliphatic carbocycles. The third-order valence-corrected chi connectivity index (χ3v) is 5.88. The number of fused-ring (bicyclic) bond motifs is 1. The minimum atomic E-state index is -0.145. The molecule has 2 aromatic rings. The highest BCUT2D eigenvalue weighted by molar-refractivity contribution is 6.05. The van der Waals surface area contributed by atoms with E-state index < -0.39 is 0 Å². The van der Waals surface area contributed by atoms with E-state index in [9.17, 15) is 4.79 Å². The second-order valence-electron chi connectivity index (χ2n) is 7.91. The second kappa shape index (κ2) is 6.41. The summed E-state index contributed by atoms with van der Waals surface area (Å²) in [6.45, 7) is 6.84. The van der Waals surface area contributed by atoms with Gasteiger partial charge in [-0.2, -0.15) is 0 Å². The maximum atomic E-state index is 13.2. The summed E-state index contributed by atoms with van der Waals surface area (Å²) in [6, 6.07) is 9.92. The first-order valence-corrected chi connectivity index (χ1v) is 9.35. The number of rotatable bonds is 2. The van der Waals surface area contributed by atoms with Crippen LogP contribution in [0.1, 0.15) is 43.6 Å². The molecule has 132 valence electrons. The monoisotopic (exact) mass is 338 g/mol. The number of piperidine rings is 1. The molecule has 2 atom stereocenters. The molecule has 0 bridgehead atoms. The fraction of sp³-hybridized carbons (Fsp3) is 0.524. The molecule has 1 aromatic heterocycles. The smallest absolute Gasteiger partial charge is 0.273 e. The van der Waals surface area contributed by atoms with Crippen LogP contribution in [0, 0.1) is 11.8 Å². The molecule has 0 saturated carbocycles. The second-order valence-corrected chi connectivity index (χ2v) is 7.91. The molecule has 4 rings (SSSR count). The van der Waals surface area contributed by atoms with E-state index in [1.165, 1.54) is 0 Å². The molecule has 2 unspecified atom stereocenters. The van der Waals surface area contributed by atoms with Crippen molar-refractivity contribution in [1.29, 1.82) is 0 Å². The largest absolute Gasteiger partial charge is 0.373 e. The van der Waals surface area contributed by atoms with Crippen LogP contribution in [0.5, 0.6) is 0 Å². The quantitative estimate of drug-likeness (QED) is 0.834.